The Bertz CT molecular complexity index is 260. The molecular formula is C7H17NO4S. The minimum atomic E-state index is -4.34. The van der Waals surface area contributed by atoms with Crippen molar-refractivity contribution in [2.45, 2.75) is 38.2 Å². The molecule has 0 aromatic heterocycles. The largest absolute Gasteiger partial charge is 0.393 e. The summed E-state index contributed by atoms with van der Waals surface area (Å²) < 4.78 is 30.5. The second kappa shape index (κ2) is 3.91. The molecule has 0 radical (unpaired) electrons. The number of nitrogens with two attached hydrogens (primary N) is 1. The van der Waals surface area contributed by atoms with E-state index in [1.165, 1.54) is 13.8 Å². The van der Waals surface area contributed by atoms with E-state index in [4.69, 9.17) is 10.3 Å². The van der Waals surface area contributed by atoms with Gasteiger partial charge in [-0.15, -0.1) is 0 Å². The van der Waals surface area contributed by atoms with E-state index in [1.807, 2.05) is 0 Å². The third-order valence-electron chi connectivity index (χ3n) is 2.46. The predicted octanol–water partition coefficient (Wildman–Crippen LogP) is -0.0439. The van der Waals surface area contributed by atoms with Crippen LogP contribution < -0.4 is 5.73 Å². The highest BCUT2D eigenvalue weighted by Gasteiger charge is 2.42. The summed E-state index contributed by atoms with van der Waals surface area (Å²) >= 11 is 0. The van der Waals surface area contributed by atoms with Crippen LogP contribution in [0.2, 0.25) is 0 Å². The van der Waals surface area contributed by atoms with Crippen molar-refractivity contribution in [2.75, 3.05) is 0 Å². The molecular weight excluding hydrogens is 194 g/mol. The Balaban J connectivity index is 4.85. The molecule has 5 nitrogen and oxygen atoms in total. The highest BCUT2D eigenvalue weighted by molar-refractivity contribution is 7.87. The second-order valence-corrected chi connectivity index (χ2v) is 5.25. The molecule has 0 fully saturated rings. The summed E-state index contributed by atoms with van der Waals surface area (Å²) in [6.07, 6.45) is -0.444. The van der Waals surface area contributed by atoms with Crippen LogP contribution in [0.3, 0.4) is 0 Å². The van der Waals surface area contributed by atoms with Crippen molar-refractivity contribution in [3.63, 3.8) is 0 Å². The Hall–Kier alpha value is -0.170. The first-order chi connectivity index (χ1) is 5.64. The fraction of sp³-hybridized carbons (Fsp3) is 1.00. The summed E-state index contributed by atoms with van der Waals surface area (Å²) in [7, 11) is -4.34. The highest BCUT2D eigenvalue weighted by Crippen LogP contribution is 2.24. The zero-order valence-corrected chi connectivity index (χ0v) is 8.87. The molecule has 0 heterocycles. The van der Waals surface area contributed by atoms with E-state index in [2.05, 4.69) is 0 Å². The van der Waals surface area contributed by atoms with Crippen LogP contribution in [0.5, 0.6) is 0 Å². The maximum atomic E-state index is 10.8. The van der Waals surface area contributed by atoms with Gasteiger partial charge in [-0.3, -0.25) is 4.55 Å². The summed E-state index contributed by atoms with van der Waals surface area (Å²) in [5.41, 5.74) is 5.42. The van der Waals surface area contributed by atoms with Gasteiger partial charge >= 0.3 is 0 Å². The van der Waals surface area contributed by atoms with E-state index in [1.54, 1.807) is 6.92 Å². The fourth-order valence-corrected chi connectivity index (χ4v) is 1.60. The van der Waals surface area contributed by atoms with Gasteiger partial charge in [0.05, 0.1) is 6.10 Å². The SMILES string of the molecule is CCC(O)C(C)C(C)(N)S(=O)(=O)O. The molecule has 0 aliphatic heterocycles. The van der Waals surface area contributed by atoms with Crippen LogP contribution in [-0.2, 0) is 10.1 Å². The minimum Gasteiger partial charge on any atom is -0.393 e. The van der Waals surface area contributed by atoms with Crippen molar-refractivity contribution in [3.05, 3.63) is 0 Å². The lowest BCUT2D eigenvalue weighted by Crippen LogP contribution is -2.53. The molecule has 80 valence electrons. The molecule has 6 heteroatoms. The lowest BCUT2D eigenvalue weighted by molar-refractivity contribution is 0.0901. The Kier molecular flexibility index (Phi) is 3.86. The van der Waals surface area contributed by atoms with Crippen molar-refractivity contribution in [3.8, 4) is 0 Å². The van der Waals surface area contributed by atoms with Gasteiger partial charge in [0.25, 0.3) is 10.1 Å². The lowest BCUT2D eigenvalue weighted by atomic mass is 9.95. The second-order valence-electron chi connectivity index (χ2n) is 3.42. The Morgan fingerprint density at radius 3 is 2.15 bits per heavy atom. The molecule has 13 heavy (non-hydrogen) atoms. The third kappa shape index (κ3) is 2.63. The molecule has 0 aliphatic rings. The molecule has 0 saturated carbocycles. The first-order valence-corrected chi connectivity index (χ1v) is 5.52. The average Bonchev–Trinajstić information content (AvgIpc) is 1.99. The van der Waals surface area contributed by atoms with Crippen molar-refractivity contribution >= 4 is 10.1 Å². The molecule has 4 N–H and O–H groups in total. The van der Waals surface area contributed by atoms with Crippen LogP contribution in [0, 0.1) is 5.92 Å². The molecule has 0 amide bonds. The number of hydrogen-bond acceptors (Lipinski definition) is 4. The number of aliphatic hydroxyl groups is 1. The van der Waals surface area contributed by atoms with E-state index in [0.29, 0.717) is 6.42 Å². The summed E-state index contributed by atoms with van der Waals surface area (Å²) in [5.74, 6) is -0.715. The first-order valence-electron chi connectivity index (χ1n) is 4.08. The van der Waals surface area contributed by atoms with Gasteiger partial charge in [0.2, 0.25) is 0 Å². The molecule has 0 aliphatic carbocycles. The molecule has 0 rings (SSSR count). The predicted molar refractivity (Wildman–Crippen MR) is 49.6 cm³/mol. The quantitative estimate of drug-likeness (QED) is 0.566. The average molecular weight is 211 g/mol. The molecule has 3 atom stereocenters. The number of aliphatic hydroxyl groups excluding tert-OH is 1. The molecule has 0 aromatic carbocycles. The van der Waals surface area contributed by atoms with Gasteiger partial charge in [0.15, 0.2) is 0 Å². The highest BCUT2D eigenvalue weighted by atomic mass is 32.2. The van der Waals surface area contributed by atoms with Crippen LogP contribution in [0.4, 0.5) is 0 Å². The fourth-order valence-electron chi connectivity index (χ4n) is 0.970. The van der Waals surface area contributed by atoms with Gasteiger partial charge in [-0.25, -0.2) is 0 Å². The monoisotopic (exact) mass is 211 g/mol. The van der Waals surface area contributed by atoms with Crippen LogP contribution in [0.1, 0.15) is 27.2 Å². The summed E-state index contributed by atoms with van der Waals surface area (Å²) in [6.45, 7) is 4.38. The van der Waals surface area contributed by atoms with Crippen LogP contribution in [0.25, 0.3) is 0 Å². The van der Waals surface area contributed by atoms with E-state index >= 15 is 0 Å². The zero-order chi connectivity index (χ0) is 10.9. The Morgan fingerprint density at radius 2 is 1.92 bits per heavy atom. The number of hydrogen-bond donors (Lipinski definition) is 3. The maximum absolute atomic E-state index is 10.8. The van der Waals surface area contributed by atoms with Crippen molar-refractivity contribution in [1.82, 2.24) is 0 Å². The van der Waals surface area contributed by atoms with Crippen molar-refractivity contribution < 1.29 is 18.1 Å². The third-order valence-corrected chi connectivity index (χ3v) is 3.94. The summed E-state index contributed by atoms with van der Waals surface area (Å²) in [5, 5.41) is 9.37. The van der Waals surface area contributed by atoms with Crippen LogP contribution in [0.15, 0.2) is 0 Å². The molecule has 0 bridgehead atoms. The van der Waals surface area contributed by atoms with E-state index in [9.17, 15) is 13.5 Å². The van der Waals surface area contributed by atoms with Crippen molar-refractivity contribution in [2.24, 2.45) is 11.7 Å². The van der Waals surface area contributed by atoms with Gasteiger partial charge in [-0.2, -0.15) is 8.42 Å². The normalized spacial score (nSPS) is 22.0. The standard InChI is InChI=1S/C7H17NO4S/c1-4-6(9)5(2)7(3,8)13(10,11)12/h5-6,9H,4,8H2,1-3H3,(H,10,11,12). The summed E-state index contributed by atoms with van der Waals surface area (Å²) in [6, 6.07) is 0. The van der Waals surface area contributed by atoms with Gasteiger partial charge in [-0.1, -0.05) is 13.8 Å². The smallest absolute Gasteiger partial charge is 0.283 e. The molecule has 0 aromatic rings. The Morgan fingerprint density at radius 1 is 1.54 bits per heavy atom. The van der Waals surface area contributed by atoms with E-state index < -0.39 is 27.0 Å². The van der Waals surface area contributed by atoms with E-state index in [0.717, 1.165) is 0 Å². The van der Waals surface area contributed by atoms with Crippen LogP contribution in [-0.4, -0.2) is 29.1 Å². The zero-order valence-electron chi connectivity index (χ0n) is 8.06. The van der Waals surface area contributed by atoms with Gasteiger partial charge in [0, 0.05) is 5.92 Å². The lowest BCUT2D eigenvalue weighted by Gasteiger charge is -2.31. The van der Waals surface area contributed by atoms with Gasteiger partial charge < -0.3 is 10.8 Å². The molecule has 3 unspecified atom stereocenters. The summed E-state index contributed by atoms with van der Waals surface area (Å²) in [4.78, 5) is -1.80. The first kappa shape index (κ1) is 12.8. The Labute approximate surface area is 78.7 Å². The maximum Gasteiger partial charge on any atom is 0.283 e. The van der Waals surface area contributed by atoms with Gasteiger partial charge in [0.1, 0.15) is 4.87 Å². The molecule has 0 saturated heterocycles. The molecule has 0 spiro atoms. The number of rotatable bonds is 4. The van der Waals surface area contributed by atoms with Crippen LogP contribution >= 0.6 is 0 Å². The topological polar surface area (TPSA) is 101 Å². The van der Waals surface area contributed by atoms with Crippen molar-refractivity contribution in [1.29, 1.82) is 0 Å². The van der Waals surface area contributed by atoms with E-state index in [-0.39, 0.29) is 0 Å². The van der Waals surface area contributed by atoms with Gasteiger partial charge in [-0.05, 0) is 13.3 Å². The minimum absolute atomic E-state index is 0.392.